The molecule has 1 heterocycles. The fourth-order valence-corrected chi connectivity index (χ4v) is 6.72. The Morgan fingerprint density at radius 1 is 0.780 bits per heavy atom. The van der Waals surface area contributed by atoms with Crippen LogP contribution in [0.1, 0.15) is 96.8 Å². The number of nitrogens with one attached hydrogen (secondary N) is 3. The van der Waals surface area contributed by atoms with Crippen LogP contribution in [0.4, 0.5) is 28.6 Å². The van der Waals surface area contributed by atoms with E-state index < -0.39 is 5.56 Å². The summed E-state index contributed by atoms with van der Waals surface area (Å²) in [6, 6.07) is 14.1. The zero-order chi connectivity index (χ0) is 35.9. The molecule has 50 heavy (non-hydrogen) atoms. The maximum Gasteiger partial charge on any atom is 0.301 e. The van der Waals surface area contributed by atoms with Crippen LogP contribution >= 0.6 is 46.4 Å². The molecular formula is C37H44Cl4N6O3. The van der Waals surface area contributed by atoms with E-state index in [-0.39, 0.29) is 43.9 Å². The van der Waals surface area contributed by atoms with Crippen molar-refractivity contribution in [2.24, 2.45) is 10.2 Å². The van der Waals surface area contributed by atoms with E-state index in [2.05, 4.69) is 32.9 Å². The molecule has 0 aliphatic heterocycles. The van der Waals surface area contributed by atoms with Gasteiger partial charge in [-0.25, -0.2) is 4.68 Å². The fraction of sp³-hybridized carbons (Fsp3) is 0.405. The van der Waals surface area contributed by atoms with Gasteiger partial charge in [0.05, 0.1) is 32.1 Å². The molecule has 4 aromatic rings. The number of aromatic hydroxyl groups is 1. The average Bonchev–Trinajstić information content (AvgIpc) is 3.37. The van der Waals surface area contributed by atoms with E-state index >= 15 is 0 Å². The van der Waals surface area contributed by atoms with Crippen molar-refractivity contribution < 1.29 is 9.90 Å². The summed E-state index contributed by atoms with van der Waals surface area (Å²) < 4.78 is 1.13. The number of hydrogen-bond acceptors (Lipinski definition) is 6. The number of unbranched alkanes of at least 4 members (excludes halogenated alkanes) is 12. The quantitative estimate of drug-likeness (QED) is 0.0528. The lowest BCUT2D eigenvalue weighted by Gasteiger charge is -2.12. The van der Waals surface area contributed by atoms with Crippen LogP contribution < -0.4 is 16.2 Å². The topological polar surface area (TPSA) is 124 Å². The van der Waals surface area contributed by atoms with Gasteiger partial charge in [-0.15, -0.1) is 5.11 Å². The molecule has 268 valence electrons. The Labute approximate surface area is 313 Å². The van der Waals surface area contributed by atoms with Crippen molar-refractivity contribution >= 4 is 80.9 Å². The molecule has 0 spiro atoms. The second-order valence-electron chi connectivity index (χ2n) is 12.2. The maximum absolute atomic E-state index is 13.7. The van der Waals surface area contributed by atoms with Crippen LogP contribution in [-0.2, 0) is 4.79 Å². The van der Waals surface area contributed by atoms with E-state index in [0.29, 0.717) is 28.5 Å². The number of carbonyl (C=O) groups is 1. The number of nitrogens with zero attached hydrogens (tertiary/aromatic N) is 3. The number of anilines is 3. The summed E-state index contributed by atoms with van der Waals surface area (Å²) in [6.07, 6.45) is 16.5. The van der Waals surface area contributed by atoms with Crippen LogP contribution in [0.15, 0.2) is 69.6 Å². The third-order valence-corrected chi connectivity index (χ3v) is 9.43. The first-order valence-electron chi connectivity index (χ1n) is 17.2. The summed E-state index contributed by atoms with van der Waals surface area (Å²) in [7, 11) is 0. The summed E-state index contributed by atoms with van der Waals surface area (Å²) in [5.74, 6) is 0.0762. The fourth-order valence-electron chi connectivity index (χ4n) is 5.52. The summed E-state index contributed by atoms with van der Waals surface area (Å²) in [6.45, 7) is 2.25. The zero-order valence-corrected chi connectivity index (χ0v) is 31.2. The smallest absolute Gasteiger partial charge is 0.301 e. The van der Waals surface area contributed by atoms with Crippen molar-refractivity contribution in [1.82, 2.24) is 9.78 Å². The molecule has 13 heteroatoms. The number of hydrogen-bond donors (Lipinski definition) is 4. The number of rotatable bonds is 20. The number of halogens is 4. The predicted molar refractivity (Wildman–Crippen MR) is 207 cm³/mol. The Balaban J connectivity index is 1.38. The number of aromatic nitrogens is 2. The zero-order valence-electron chi connectivity index (χ0n) is 28.2. The Morgan fingerprint density at radius 2 is 1.34 bits per heavy atom. The molecule has 0 saturated heterocycles. The molecule has 1 amide bonds. The molecule has 0 aliphatic rings. The van der Waals surface area contributed by atoms with Gasteiger partial charge in [-0.3, -0.25) is 14.7 Å². The van der Waals surface area contributed by atoms with Crippen LogP contribution in [0.5, 0.6) is 5.75 Å². The number of carbonyl (C=O) groups excluding carboxylic acids is 1. The SMILES string of the molecule is CCCCCCCCCCCCCCCC(=O)Nc1cccc(Nc2[nH]n(-c3c(Cl)cc(Cl)cc3Cl)c(=O)c2N=Nc2ccc(O)cc2)c1Cl. The molecule has 9 nitrogen and oxygen atoms in total. The van der Waals surface area contributed by atoms with Crippen molar-refractivity contribution in [1.29, 1.82) is 0 Å². The second-order valence-corrected chi connectivity index (χ2v) is 13.9. The van der Waals surface area contributed by atoms with E-state index in [9.17, 15) is 14.7 Å². The van der Waals surface area contributed by atoms with Gasteiger partial charge in [0.1, 0.15) is 11.4 Å². The highest BCUT2D eigenvalue weighted by Gasteiger charge is 2.21. The molecule has 0 saturated carbocycles. The third-order valence-electron chi connectivity index (χ3n) is 8.23. The molecule has 0 radical (unpaired) electrons. The highest BCUT2D eigenvalue weighted by Crippen LogP contribution is 2.36. The Morgan fingerprint density at radius 3 is 1.94 bits per heavy atom. The van der Waals surface area contributed by atoms with Crippen molar-refractivity contribution in [3.63, 3.8) is 0 Å². The summed E-state index contributed by atoms with van der Waals surface area (Å²) in [4.78, 5) is 26.5. The molecule has 3 aromatic carbocycles. The number of benzene rings is 3. The van der Waals surface area contributed by atoms with Crippen LogP contribution in [0.2, 0.25) is 20.1 Å². The Kier molecular flexibility index (Phi) is 16.0. The number of aromatic amines is 1. The lowest BCUT2D eigenvalue weighted by Crippen LogP contribution is -2.15. The van der Waals surface area contributed by atoms with Gasteiger partial charge in [-0.1, -0.05) is 136 Å². The highest BCUT2D eigenvalue weighted by atomic mass is 35.5. The molecule has 0 bridgehead atoms. The van der Waals surface area contributed by atoms with Crippen LogP contribution in [-0.4, -0.2) is 20.8 Å². The molecule has 1 aromatic heterocycles. The maximum atomic E-state index is 13.7. The standard InChI is InChI=1S/C37H44Cl4N6O3/c1-2-3-4-5-6-7-8-9-10-11-12-13-14-18-32(49)42-30-16-15-17-31(33(30)41)43-36-34(45-44-26-19-21-27(48)22-20-26)37(50)47(46-36)35-28(39)23-25(38)24-29(35)40/h15-17,19-24,43,46,48H,2-14,18H2,1H3,(H,42,49). The van der Waals surface area contributed by atoms with Crippen molar-refractivity contribution in [2.75, 3.05) is 10.6 Å². The average molecular weight is 763 g/mol. The molecular weight excluding hydrogens is 718 g/mol. The van der Waals surface area contributed by atoms with Gasteiger partial charge in [-0.05, 0) is 55.0 Å². The molecule has 0 fully saturated rings. The van der Waals surface area contributed by atoms with Gasteiger partial charge in [0, 0.05) is 11.4 Å². The first kappa shape index (κ1) is 39.3. The minimum atomic E-state index is -0.612. The highest BCUT2D eigenvalue weighted by molar-refractivity contribution is 6.40. The predicted octanol–water partition coefficient (Wildman–Crippen LogP) is 13.1. The normalized spacial score (nSPS) is 11.4. The van der Waals surface area contributed by atoms with E-state index in [4.69, 9.17) is 46.4 Å². The van der Waals surface area contributed by atoms with E-state index in [1.54, 1.807) is 30.3 Å². The lowest BCUT2D eigenvalue weighted by atomic mass is 10.0. The molecule has 4 rings (SSSR count). The van der Waals surface area contributed by atoms with Gasteiger partial charge >= 0.3 is 5.56 Å². The van der Waals surface area contributed by atoms with E-state index in [1.807, 2.05) is 0 Å². The lowest BCUT2D eigenvalue weighted by molar-refractivity contribution is -0.116. The van der Waals surface area contributed by atoms with Gasteiger partial charge in [0.25, 0.3) is 0 Å². The summed E-state index contributed by atoms with van der Waals surface area (Å²) in [5, 5.41) is 27.8. The first-order chi connectivity index (χ1) is 24.2. The van der Waals surface area contributed by atoms with Crippen molar-refractivity contribution in [3.05, 3.63) is 85.0 Å². The number of azo groups is 1. The second kappa shape index (κ2) is 20.4. The van der Waals surface area contributed by atoms with Crippen LogP contribution in [0.25, 0.3) is 5.69 Å². The number of H-pyrrole nitrogens is 1. The van der Waals surface area contributed by atoms with E-state index in [0.717, 1.165) is 23.9 Å². The minimum absolute atomic E-state index is 0.0632. The monoisotopic (exact) mass is 760 g/mol. The first-order valence-corrected chi connectivity index (χ1v) is 18.7. The largest absolute Gasteiger partial charge is 0.508 e. The van der Waals surface area contributed by atoms with Gasteiger partial charge < -0.3 is 15.7 Å². The van der Waals surface area contributed by atoms with Crippen molar-refractivity contribution in [3.8, 4) is 11.4 Å². The number of phenolic OH excluding ortho intramolecular Hbond substituents is 1. The van der Waals surface area contributed by atoms with Gasteiger partial charge in [0.2, 0.25) is 5.91 Å². The van der Waals surface area contributed by atoms with Gasteiger partial charge in [-0.2, -0.15) is 5.11 Å². The molecule has 4 N–H and O–H groups in total. The summed E-state index contributed by atoms with van der Waals surface area (Å²) in [5.41, 5.74) is 0.668. The van der Waals surface area contributed by atoms with E-state index in [1.165, 1.54) is 88.5 Å². The van der Waals surface area contributed by atoms with Gasteiger partial charge in [0.15, 0.2) is 11.5 Å². The van der Waals surface area contributed by atoms with Crippen LogP contribution in [0.3, 0.4) is 0 Å². The third kappa shape index (κ3) is 11.8. The molecule has 0 aliphatic carbocycles. The number of phenols is 1. The van der Waals surface area contributed by atoms with Crippen LogP contribution in [0, 0.1) is 0 Å². The Bertz CT molecular complexity index is 1770. The van der Waals surface area contributed by atoms with Crippen molar-refractivity contribution in [2.45, 2.75) is 96.8 Å². The summed E-state index contributed by atoms with van der Waals surface area (Å²) >= 11 is 25.7. The molecule has 0 atom stereocenters. The minimum Gasteiger partial charge on any atom is -0.508 e. The Hall–Kier alpha value is -3.50. The molecule has 0 unspecified atom stereocenters. The number of amides is 1.